The highest BCUT2D eigenvalue weighted by Crippen LogP contribution is 2.31. The molecule has 1 aliphatic rings. The van der Waals surface area contributed by atoms with Gasteiger partial charge in [-0.15, -0.1) is 11.3 Å². The molecule has 0 saturated heterocycles. The quantitative estimate of drug-likeness (QED) is 0.662. The lowest BCUT2D eigenvalue weighted by molar-refractivity contribution is 0.253. The molecular formula is C20H29NS. The van der Waals surface area contributed by atoms with E-state index >= 15 is 0 Å². The van der Waals surface area contributed by atoms with Crippen molar-refractivity contribution in [3.63, 3.8) is 0 Å². The van der Waals surface area contributed by atoms with Gasteiger partial charge in [0.15, 0.2) is 0 Å². The summed E-state index contributed by atoms with van der Waals surface area (Å²) in [5.74, 6) is 1.93. The van der Waals surface area contributed by atoms with Crippen LogP contribution in [0.5, 0.6) is 0 Å². The fraction of sp³-hybridized carbons (Fsp3) is 0.600. The number of thiophene rings is 1. The van der Waals surface area contributed by atoms with E-state index < -0.39 is 0 Å². The van der Waals surface area contributed by atoms with E-state index in [-0.39, 0.29) is 0 Å². The van der Waals surface area contributed by atoms with Crippen LogP contribution in [0.25, 0.3) is 10.1 Å². The molecule has 0 bridgehead atoms. The number of hydrogen-bond donors (Lipinski definition) is 1. The van der Waals surface area contributed by atoms with Gasteiger partial charge in [0.25, 0.3) is 0 Å². The van der Waals surface area contributed by atoms with E-state index in [1.807, 2.05) is 11.3 Å². The smallest absolute Gasteiger partial charge is 0.0346 e. The van der Waals surface area contributed by atoms with Gasteiger partial charge in [0.05, 0.1) is 0 Å². The molecule has 1 aromatic heterocycles. The topological polar surface area (TPSA) is 12.0 Å². The van der Waals surface area contributed by atoms with Gasteiger partial charge in [-0.3, -0.25) is 0 Å². The van der Waals surface area contributed by atoms with Gasteiger partial charge in [-0.25, -0.2) is 0 Å². The van der Waals surface area contributed by atoms with E-state index in [2.05, 4.69) is 41.9 Å². The summed E-state index contributed by atoms with van der Waals surface area (Å²) in [7, 11) is 0. The van der Waals surface area contributed by atoms with Crippen molar-refractivity contribution in [2.45, 2.75) is 58.4 Å². The van der Waals surface area contributed by atoms with E-state index in [1.54, 1.807) is 0 Å². The minimum atomic E-state index is 0.905. The molecule has 0 atom stereocenters. The lowest BCUT2D eigenvalue weighted by Crippen LogP contribution is -2.26. The highest BCUT2D eigenvalue weighted by Gasteiger charge is 2.20. The minimum Gasteiger partial charge on any atom is -0.312 e. The zero-order valence-corrected chi connectivity index (χ0v) is 14.6. The molecule has 1 fully saturated rings. The van der Waals surface area contributed by atoms with Crippen LogP contribution in [0.3, 0.4) is 0 Å². The van der Waals surface area contributed by atoms with Crippen LogP contribution in [0.4, 0.5) is 0 Å². The number of rotatable bonds is 7. The second-order valence-electron chi connectivity index (χ2n) is 6.92. The summed E-state index contributed by atoms with van der Waals surface area (Å²) < 4.78 is 1.41. The summed E-state index contributed by atoms with van der Waals surface area (Å²) in [5, 5.41) is 7.47. The van der Waals surface area contributed by atoms with Gasteiger partial charge in [0, 0.05) is 11.2 Å². The molecular weight excluding hydrogens is 286 g/mol. The Hall–Kier alpha value is -0.860. The highest BCUT2D eigenvalue weighted by atomic mass is 32.1. The zero-order valence-electron chi connectivity index (χ0n) is 13.8. The standard InChI is InChI=1S/C20H29NS/c1-2-3-6-16-9-11-17(12-10-16)13-21-14-18-15-22-20-8-5-4-7-19(18)20/h4-5,7-8,15-17,21H,2-3,6,9-14H2,1H3. The van der Waals surface area contributed by atoms with Gasteiger partial charge in [-0.2, -0.15) is 0 Å². The number of unbranched alkanes of at least 4 members (excludes halogenated alkanes) is 1. The Morgan fingerprint density at radius 2 is 1.86 bits per heavy atom. The van der Waals surface area contributed by atoms with E-state index in [1.165, 1.54) is 67.1 Å². The summed E-state index contributed by atoms with van der Waals surface area (Å²) in [4.78, 5) is 0. The van der Waals surface area contributed by atoms with Gasteiger partial charge >= 0.3 is 0 Å². The molecule has 1 N–H and O–H groups in total. The summed E-state index contributed by atoms with van der Waals surface area (Å²) in [6.45, 7) is 4.54. The first-order valence-electron chi connectivity index (χ1n) is 9.02. The Morgan fingerprint density at radius 3 is 2.68 bits per heavy atom. The van der Waals surface area contributed by atoms with Crippen LogP contribution in [-0.4, -0.2) is 6.54 Å². The molecule has 0 amide bonds. The maximum absolute atomic E-state index is 3.71. The second kappa shape index (κ2) is 8.12. The van der Waals surface area contributed by atoms with Crippen LogP contribution >= 0.6 is 11.3 Å². The summed E-state index contributed by atoms with van der Waals surface area (Å²) >= 11 is 1.87. The normalized spacial score (nSPS) is 22.2. The summed E-state index contributed by atoms with van der Waals surface area (Å²) in [6.07, 6.45) is 10.1. The molecule has 120 valence electrons. The summed E-state index contributed by atoms with van der Waals surface area (Å²) in [5.41, 5.74) is 1.47. The first-order chi connectivity index (χ1) is 10.9. The van der Waals surface area contributed by atoms with Gasteiger partial charge < -0.3 is 5.32 Å². The Labute approximate surface area is 139 Å². The Balaban J connectivity index is 1.41. The molecule has 1 heterocycles. The van der Waals surface area contributed by atoms with Crippen molar-refractivity contribution in [3.8, 4) is 0 Å². The lowest BCUT2D eigenvalue weighted by atomic mass is 9.80. The van der Waals surface area contributed by atoms with Gasteiger partial charge in [0.2, 0.25) is 0 Å². The highest BCUT2D eigenvalue weighted by molar-refractivity contribution is 7.17. The van der Waals surface area contributed by atoms with Crippen LogP contribution < -0.4 is 5.32 Å². The third kappa shape index (κ3) is 4.11. The molecule has 1 aromatic carbocycles. The van der Waals surface area contributed by atoms with Crippen LogP contribution in [0.15, 0.2) is 29.6 Å². The molecule has 0 unspecified atom stereocenters. The Bertz CT molecular complexity index is 566. The van der Waals surface area contributed by atoms with E-state index in [4.69, 9.17) is 0 Å². The van der Waals surface area contributed by atoms with Crippen molar-refractivity contribution < 1.29 is 0 Å². The van der Waals surface area contributed by atoms with Crippen molar-refractivity contribution in [2.75, 3.05) is 6.54 Å². The number of hydrogen-bond acceptors (Lipinski definition) is 2. The van der Waals surface area contributed by atoms with Crippen molar-refractivity contribution in [1.29, 1.82) is 0 Å². The second-order valence-corrected chi connectivity index (χ2v) is 7.83. The Morgan fingerprint density at radius 1 is 1.09 bits per heavy atom. The fourth-order valence-electron chi connectivity index (χ4n) is 3.80. The maximum Gasteiger partial charge on any atom is 0.0346 e. The molecule has 1 saturated carbocycles. The predicted molar refractivity (Wildman–Crippen MR) is 98.5 cm³/mol. The summed E-state index contributed by atoms with van der Waals surface area (Å²) in [6, 6.07) is 8.76. The van der Waals surface area contributed by atoms with Gasteiger partial charge in [-0.05, 0) is 53.6 Å². The van der Waals surface area contributed by atoms with E-state index in [0.717, 1.165) is 18.4 Å². The third-order valence-electron chi connectivity index (χ3n) is 5.24. The van der Waals surface area contributed by atoms with Crippen LogP contribution in [-0.2, 0) is 6.54 Å². The zero-order chi connectivity index (χ0) is 15.2. The SMILES string of the molecule is CCCCC1CCC(CNCc2csc3ccccc23)CC1. The molecule has 22 heavy (non-hydrogen) atoms. The predicted octanol–water partition coefficient (Wildman–Crippen LogP) is 5.99. The molecule has 0 spiro atoms. The van der Waals surface area contributed by atoms with Crippen molar-refractivity contribution in [1.82, 2.24) is 5.32 Å². The number of benzene rings is 1. The number of nitrogens with one attached hydrogen (secondary N) is 1. The largest absolute Gasteiger partial charge is 0.312 e. The lowest BCUT2D eigenvalue weighted by Gasteiger charge is -2.28. The van der Waals surface area contributed by atoms with E-state index in [9.17, 15) is 0 Å². The average molecular weight is 316 g/mol. The molecule has 0 radical (unpaired) electrons. The molecule has 1 aliphatic carbocycles. The Kier molecular flexibility index (Phi) is 5.91. The van der Waals surface area contributed by atoms with Crippen molar-refractivity contribution >= 4 is 21.4 Å². The monoisotopic (exact) mass is 315 g/mol. The fourth-order valence-corrected chi connectivity index (χ4v) is 4.76. The molecule has 2 heteroatoms. The first-order valence-corrected chi connectivity index (χ1v) is 9.90. The third-order valence-corrected chi connectivity index (χ3v) is 6.25. The molecule has 3 rings (SSSR count). The van der Waals surface area contributed by atoms with Crippen LogP contribution in [0.1, 0.15) is 57.4 Å². The van der Waals surface area contributed by atoms with Gasteiger partial charge in [-0.1, -0.05) is 57.2 Å². The maximum atomic E-state index is 3.71. The average Bonchev–Trinajstić information content (AvgIpc) is 2.98. The minimum absolute atomic E-state index is 0.905. The van der Waals surface area contributed by atoms with Crippen molar-refractivity contribution in [3.05, 3.63) is 35.2 Å². The van der Waals surface area contributed by atoms with Gasteiger partial charge in [0.1, 0.15) is 0 Å². The molecule has 2 aromatic rings. The van der Waals surface area contributed by atoms with Crippen molar-refractivity contribution in [2.24, 2.45) is 11.8 Å². The number of fused-ring (bicyclic) bond motifs is 1. The van der Waals surface area contributed by atoms with Crippen LogP contribution in [0, 0.1) is 11.8 Å². The molecule has 0 aliphatic heterocycles. The molecule has 1 nitrogen and oxygen atoms in total. The first kappa shape index (κ1) is 16.0. The van der Waals surface area contributed by atoms with Crippen LogP contribution in [0.2, 0.25) is 0 Å². The van der Waals surface area contributed by atoms with E-state index in [0.29, 0.717) is 0 Å².